The van der Waals surface area contributed by atoms with E-state index in [9.17, 15) is 0 Å². The summed E-state index contributed by atoms with van der Waals surface area (Å²) in [6.07, 6.45) is 6.48. The number of nitriles is 1. The van der Waals surface area contributed by atoms with E-state index in [0.717, 1.165) is 0 Å². The largest absolute Gasteiger partial charge is 0.214 e. The topological polar surface area (TPSA) is 23.8 Å². The number of rotatable bonds is 0. The first-order valence-electron chi connectivity index (χ1n) is 3.43. The van der Waals surface area contributed by atoms with Crippen LogP contribution in [-0.2, 0) is 0 Å². The van der Waals surface area contributed by atoms with Gasteiger partial charge in [-0.1, -0.05) is 59.1 Å². The zero-order chi connectivity index (χ0) is 10.1. The number of halogens is 4. The molecule has 2 unspecified atom stereocenters. The Kier molecular flexibility index (Phi) is 3.20. The van der Waals surface area contributed by atoms with Crippen molar-refractivity contribution in [2.75, 3.05) is 0 Å². The molecule has 0 amide bonds. The molecule has 70 valence electrons. The third-order valence-corrected chi connectivity index (χ3v) is 3.65. The van der Waals surface area contributed by atoms with E-state index in [0.29, 0.717) is 0 Å². The van der Waals surface area contributed by atoms with Gasteiger partial charge in [0.2, 0.25) is 3.79 Å². The maximum atomic E-state index is 8.79. The summed E-state index contributed by atoms with van der Waals surface area (Å²) >= 11 is 23.1. The van der Waals surface area contributed by atoms with E-state index in [4.69, 9.17) is 51.7 Å². The van der Waals surface area contributed by atoms with E-state index in [-0.39, 0.29) is 0 Å². The van der Waals surface area contributed by atoms with Crippen molar-refractivity contribution in [1.82, 2.24) is 0 Å². The standard InChI is InChI=1S/C8H5Cl4N/c9-7(8(10,11)12)4-2-1-3-6(7)5-13/h1-4,6H. The summed E-state index contributed by atoms with van der Waals surface area (Å²) in [5.74, 6) is -0.633. The second-order valence-electron chi connectivity index (χ2n) is 2.62. The van der Waals surface area contributed by atoms with Gasteiger partial charge in [-0.3, -0.25) is 0 Å². The molecule has 0 bridgehead atoms. The van der Waals surface area contributed by atoms with Crippen molar-refractivity contribution in [2.45, 2.75) is 8.67 Å². The molecule has 1 nitrogen and oxygen atoms in total. The Balaban J connectivity index is 3.09. The highest BCUT2D eigenvalue weighted by molar-refractivity contribution is 6.71. The highest BCUT2D eigenvalue weighted by atomic mass is 35.6. The normalized spacial score (nSPS) is 33.0. The minimum atomic E-state index is -1.70. The van der Waals surface area contributed by atoms with Crippen molar-refractivity contribution in [3.05, 3.63) is 24.3 Å². The molecule has 0 aliphatic heterocycles. The Morgan fingerprint density at radius 2 is 1.92 bits per heavy atom. The Morgan fingerprint density at radius 1 is 1.31 bits per heavy atom. The van der Waals surface area contributed by atoms with Gasteiger partial charge in [-0.2, -0.15) is 5.26 Å². The smallest absolute Gasteiger partial charge is 0.198 e. The van der Waals surface area contributed by atoms with Gasteiger partial charge in [-0.25, -0.2) is 0 Å². The van der Waals surface area contributed by atoms with Crippen LogP contribution in [0.5, 0.6) is 0 Å². The fourth-order valence-electron chi connectivity index (χ4n) is 1.02. The van der Waals surface area contributed by atoms with Crippen molar-refractivity contribution in [3.8, 4) is 6.07 Å². The lowest BCUT2D eigenvalue weighted by molar-refractivity contribution is 0.613. The Labute approximate surface area is 96.5 Å². The minimum absolute atomic E-state index is 0.633. The molecule has 0 aromatic heterocycles. The summed E-state index contributed by atoms with van der Waals surface area (Å²) in [5, 5.41) is 8.79. The second-order valence-corrected chi connectivity index (χ2v) is 5.52. The van der Waals surface area contributed by atoms with Crippen molar-refractivity contribution < 1.29 is 0 Å². The van der Waals surface area contributed by atoms with Crippen LogP contribution in [0.3, 0.4) is 0 Å². The van der Waals surface area contributed by atoms with Crippen molar-refractivity contribution in [1.29, 1.82) is 5.26 Å². The van der Waals surface area contributed by atoms with Gasteiger partial charge in [-0.15, -0.1) is 11.6 Å². The van der Waals surface area contributed by atoms with Crippen LogP contribution in [0.25, 0.3) is 0 Å². The number of alkyl halides is 4. The minimum Gasteiger partial charge on any atom is -0.198 e. The van der Waals surface area contributed by atoms with E-state index in [1.165, 1.54) is 6.08 Å². The average Bonchev–Trinajstić information content (AvgIpc) is 2.03. The molecule has 0 aromatic carbocycles. The molecule has 0 radical (unpaired) electrons. The highest BCUT2D eigenvalue weighted by Crippen LogP contribution is 2.49. The van der Waals surface area contributed by atoms with Crippen LogP contribution < -0.4 is 0 Å². The molecule has 1 rings (SSSR count). The molecule has 0 fully saturated rings. The lowest BCUT2D eigenvalue weighted by Gasteiger charge is -2.34. The lowest BCUT2D eigenvalue weighted by atomic mass is 9.90. The fourth-order valence-corrected chi connectivity index (χ4v) is 1.76. The van der Waals surface area contributed by atoms with Crippen molar-refractivity contribution in [2.24, 2.45) is 5.92 Å². The van der Waals surface area contributed by atoms with E-state index >= 15 is 0 Å². The summed E-state index contributed by atoms with van der Waals surface area (Å²) in [6.45, 7) is 0. The van der Waals surface area contributed by atoms with Gasteiger partial charge in [0.15, 0.2) is 0 Å². The predicted molar refractivity (Wildman–Crippen MR) is 56.3 cm³/mol. The molecular formula is C8H5Cl4N. The molecule has 1 aliphatic rings. The van der Waals surface area contributed by atoms with E-state index in [1.807, 2.05) is 6.07 Å². The van der Waals surface area contributed by atoms with Crippen molar-refractivity contribution >= 4 is 46.4 Å². The van der Waals surface area contributed by atoms with E-state index in [2.05, 4.69) is 0 Å². The molecule has 0 saturated heterocycles. The molecular weight excluding hydrogens is 252 g/mol. The molecule has 2 atom stereocenters. The molecule has 0 saturated carbocycles. The second kappa shape index (κ2) is 3.71. The third-order valence-electron chi connectivity index (χ3n) is 1.78. The molecule has 0 heterocycles. The summed E-state index contributed by atoms with van der Waals surface area (Å²) in [7, 11) is 0. The molecule has 0 N–H and O–H groups in total. The van der Waals surface area contributed by atoms with Gasteiger partial charge in [-0.05, 0) is 0 Å². The van der Waals surface area contributed by atoms with Gasteiger partial charge >= 0.3 is 0 Å². The van der Waals surface area contributed by atoms with Crippen LogP contribution >= 0.6 is 46.4 Å². The number of hydrogen-bond acceptors (Lipinski definition) is 1. The van der Waals surface area contributed by atoms with Crippen LogP contribution in [0.15, 0.2) is 24.3 Å². The van der Waals surface area contributed by atoms with Gasteiger partial charge < -0.3 is 0 Å². The van der Waals surface area contributed by atoms with Crippen LogP contribution in [0, 0.1) is 17.2 Å². The summed E-state index contributed by atoms with van der Waals surface area (Å²) < 4.78 is -1.70. The van der Waals surface area contributed by atoms with Gasteiger partial charge in [0, 0.05) is 0 Å². The number of nitrogens with zero attached hydrogens (tertiary/aromatic N) is 1. The SMILES string of the molecule is N#CC1C=CC=CC1(Cl)C(Cl)(Cl)Cl. The van der Waals surface area contributed by atoms with Gasteiger partial charge in [0.25, 0.3) is 0 Å². The van der Waals surface area contributed by atoms with Crippen molar-refractivity contribution in [3.63, 3.8) is 0 Å². The van der Waals surface area contributed by atoms with Crippen LogP contribution in [0.2, 0.25) is 0 Å². The number of allylic oxidation sites excluding steroid dienone is 4. The fraction of sp³-hybridized carbons (Fsp3) is 0.375. The first kappa shape index (κ1) is 11.2. The molecule has 0 aromatic rings. The van der Waals surface area contributed by atoms with Gasteiger partial charge in [0.1, 0.15) is 4.87 Å². The lowest BCUT2D eigenvalue weighted by Crippen LogP contribution is -2.42. The molecule has 0 spiro atoms. The Bertz CT molecular complexity index is 296. The summed E-state index contributed by atoms with van der Waals surface area (Å²) in [6, 6.07) is 1.98. The first-order valence-corrected chi connectivity index (χ1v) is 4.94. The zero-order valence-electron chi connectivity index (χ0n) is 6.35. The predicted octanol–water partition coefficient (Wildman–Crippen LogP) is 3.60. The van der Waals surface area contributed by atoms with E-state index in [1.54, 1.807) is 18.2 Å². The first-order chi connectivity index (χ1) is 5.92. The number of hydrogen-bond donors (Lipinski definition) is 0. The van der Waals surface area contributed by atoms with Crippen LogP contribution in [0.4, 0.5) is 0 Å². The monoisotopic (exact) mass is 255 g/mol. The highest BCUT2D eigenvalue weighted by Gasteiger charge is 2.51. The Hall–Kier alpha value is 0.130. The van der Waals surface area contributed by atoms with E-state index < -0.39 is 14.6 Å². The Morgan fingerprint density at radius 3 is 2.31 bits per heavy atom. The van der Waals surface area contributed by atoms with Crippen LogP contribution in [0.1, 0.15) is 0 Å². The molecule has 1 aliphatic carbocycles. The molecule has 13 heavy (non-hydrogen) atoms. The maximum Gasteiger partial charge on any atom is 0.214 e. The maximum absolute atomic E-state index is 8.79. The quantitative estimate of drug-likeness (QED) is 0.608. The third kappa shape index (κ3) is 1.97. The van der Waals surface area contributed by atoms with Gasteiger partial charge in [0.05, 0.1) is 12.0 Å². The zero-order valence-corrected chi connectivity index (χ0v) is 9.37. The summed E-state index contributed by atoms with van der Waals surface area (Å²) in [5.41, 5.74) is 0. The summed E-state index contributed by atoms with van der Waals surface area (Å²) in [4.78, 5) is -1.28. The average molecular weight is 257 g/mol. The molecule has 5 heteroatoms. The van der Waals surface area contributed by atoms with Crippen LogP contribution in [-0.4, -0.2) is 8.67 Å².